The highest BCUT2D eigenvalue weighted by atomic mass is 19.2. The van der Waals surface area contributed by atoms with E-state index in [1.807, 2.05) is 0 Å². The van der Waals surface area contributed by atoms with Gasteiger partial charge in [0, 0.05) is 30.4 Å². The number of fused-ring (bicyclic) bond motifs is 1. The number of benzene rings is 2. The van der Waals surface area contributed by atoms with Gasteiger partial charge in [0.05, 0.1) is 11.4 Å². The average molecular weight is 461 g/mol. The molecule has 1 unspecified atom stereocenters. The largest absolute Gasteiger partial charge is 0.451 e. The molecule has 6 nitrogen and oxygen atoms in total. The van der Waals surface area contributed by atoms with Crippen LogP contribution in [0, 0.1) is 29.1 Å². The molecular weight excluding hydrogens is 445 g/mol. The molecular formula is C22H16F5N5O. The minimum atomic E-state index is -1.72. The van der Waals surface area contributed by atoms with E-state index in [4.69, 9.17) is 4.74 Å². The van der Waals surface area contributed by atoms with Crippen molar-refractivity contribution in [3.05, 3.63) is 65.9 Å². The maximum Gasteiger partial charge on any atom is 0.204 e. The number of nitrogens with zero attached hydrogens (tertiary/aromatic N) is 4. The van der Waals surface area contributed by atoms with Crippen LogP contribution in [-0.4, -0.2) is 32.8 Å². The van der Waals surface area contributed by atoms with Crippen LogP contribution in [0.15, 0.2) is 36.8 Å². The molecule has 0 amide bonds. The summed E-state index contributed by atoms with van der Waals surface area (Å²) in [6.07, 6.45) is 4.75. The van der Waals surface area contributed by atoms with Crippen molar-refractivity contribution in [2.45, 2.75) is 18.9 Å². The standard InChI is InChI=1S/C22H16F5N5O/c23-15-6-12(33-21-18(26)16(24)7-17(25)19(21)27)3-4-13(15)20-14-9-29-10-30-22(14)32(31-20)11-2-1-5-28-8-11/h3-4,6-7,9-11,28H,1-2,5,8H2. The Kier molecular flexibility index (Phi) is 5.41. The van der Waals surface area contributed by atoms with Gasteiger partial charge in [-0.05, 0) is 31.5 Å². The number of rotatable bonds is 4. The number of piperidine rings is 1. The lowest BCUT2D eigenvalue weighted by molar-refractivity contribution is 0.353. The summed E-state index contributed by atoms with van der Waals surface area (Å²) < 4.78 is 76.4. The van der Waals surface area contributed by atoms with E-state index in [-0.39, 0.29) is 29.1 Å². The van der Waals surface area contributed by atoms with Gasteiger partial charge in [-0.25, -0.2) is 27.8 Å². The highest BCUT2D eigenvalue weighted by molar-refractivity contribution is 5.90. The van der Waals surface area contributed by atoms with Crippen LogP contribution in [0.25, 0.3) is 22.3 Å². The predicted molar refractivity (Wildman–Crippen MR) is 108 cm³/mol. The molecule has 1 saturated heterocycles. The normalized spacial score (nSPS) is 16.3. The molecule has 1 fully saturated rings. The Morgan fingerprint density at radius 3 is 2.48 bits per heavy atom. The van der Waals surface area contributed by atoms with E-state index in [0.29, 0.717) is 17.6 Å². The van der Waals surface area contributed by atoms with Crippen molar-refractivity contribution in [2.24, 2.45) is 0 Å². The Bertz CT molecular complexity index is 1330. The SMILES string of the molecule is Fc1cc(Oc2c(F)c(F)cc(F)c2F)ccc1-c1nn(C2CCCNC2)c2ncncc12. The zero-order valence-electron chi connectivity index (χ0n) is 17.0. The average Bonchev–Trinajstić information content (AvgIpc) is 3.21. The number of hydrogen-bond acceptors (Lipinski definition) is 5. The van der Waals surface area contributed by atoms with E-state index < -0.39 is 34.8 Å². The molecule has 1 aliphatic rings. The van der Waals surface area contributed by atoms with E-state index in [1.165, 1.54) is 24.7 Å². The second kappa shape index (κ2) is 8.39. The van der Waals surface area contributed by atoms with Gasteiger partial charge in [-0.1, -0.05) is 0 Å². The third-order valence-corrected chi connectivity index (χ3v) is 5.47. The van der Waals surface area contributed by atoms with Crippen molar-refractivity contribution in [3.8, 4) is 22.8 Å². The van der Waals surface area contributed by atoms with Crippen LogP contribution < -0.4 is 10.1 Å². The first-order valence-electron chi connectivity index (χ1n) is 10.1. The van der Waals surface area contributed by atoms with Crippen molar-refractivity contribution in [2.75, 3.05) is 13.1 Å². The van der Waals surface area contributed by atoms with Gasteiger partial charge in [-0.3, -0.25) is 0 Å². The van der Waals surface area contributed by atoms with Crippen LogP contribution in [0.5, 0.6) is 11.5 Å². The fourth-order valence-corrected chi connectivity index (χ4v) is 3.89. The van der Waals surface area contributed by atoms with E-state index >= 15 is 4.39 Å². The smallest absolute Gasteiger partial charge is 0.204 e. The Balaban J connectivity index is 1.54. The maximum absolute atomic E-state index is 15.1. The van der Waals surface area contributed by atoms with Crippen LogP contribution in [0.3, 0.4) is 0 Å². The summed E-state index contributed by atoms with van der Waals surface area (Å²) in [5.41, 5.74) is 0.915. The first-order valence-corrected chi connectivity index (χ1v) is 10.1. The van der Waals surface area contributed by atoms with Crippen molar-refractivity contribution >= 4 is 11.0 Å². The molecule has 5 rings (SSSR count). The van der Waals surface area contributed by atoms with Crippen molar-refractivity contribution < 1.29 is 26.7 Å². The Morgan fingerprint density at radius 1 is 1.00 bits per heavy atom. The summed E-state index contributed by atoms with van der Waals surface area (Å²) in [6.45, 7) is 1.60. The van der Waals surface area contributed by atoms with Gasteiger partial charge in [0.15, 0.2) is 17.3 Å². The third-order valence-electron chi connectivity index (χ3n) is 5.47. The number of nitrogens with one attached hydrogen (secondary N) is 1. The highest BCUT2D eigenvalue weighted by Gasteiger charge is 2.24. The van der Waals surface area contributed by atoms with E-state index in [2.05, 4.69) is 20.4 Å². The summed E-state index contributed by atoms with van der Waals surface area (Å²) in [5, 5.41) is 8.41. The lowest BCUT2D eigenvalue weighted by Crippen LogP contribution is -2.32. The summed E-state index contributed by atoms with van der Waals surface area (Å²) in [5.74, 6) is -9.17. The Morgan fingerprint density at radius 2 is 1.79 bits per heavy atom. The summed E-state index contributed by atoms with van der Waals surface area (Å²) in [7, 11) is 0. The first-order chi connectivity index (χ1) is 15.9. The van der Waals surface area contributed by atoms with Gasteiger partial charge in [-0.15, -0.1) is 0 Å². The van der Waals surface area contributed by atoms with Gasteiger partial charge in [0.25, 0.3) is 0 Å². The van der Waals surface area contributed by atoms with Crippen molar-refractivity contribution in [1.82, 2.24) is 25.1 Å². The Labute approximate surface area is 184 Å². The second-order valence-electron chi connectivity index (χ2n) is 7.59. The molecule has 170 valence electrons. The van der Waals surface area contributed by atoms with E-state index in [0.717, 1.165) is 25.5 Å². The maximum atomic E-state index is 15.1. The minimum absolute atomic E-state index is 0.0318. The zero-order chi connectivity index (χ0) is 23.1. The molecule has 1 N–H and O–H groups in total. The number of halogens is 5. The molecule has 0 aliphatic carbocycles. The zero-order valence-corrected chi connectivity index (χ0v) is 17.0. The monoisotopic (exact) mass is 461 g/mol. The van der Waals surface area contributed by atoms with Crippen molar-refractivity contribution in [3.63, 3.8) is 0 Å². The lowest BCUT2D eigenvalue weighted by atomic mass is 10.1. The minimum Gasteiger partial charge on any atom is -0.451 e. The molecule has 0 spiro atoms. The lowest BCUT2D eigenvalue weighted by Gasteiger charge is -2.23. The van der Waals surface area contributed by atoms with Crippen LogP contribution in [0.4, 0.5) is 22.0 Å². The molecule has 1 atom stereocenters. The van der Waals surface area contributed by atoms with Crippen molar-refractivity contribution in [1.29, 1.82) is 0 Å². The van der Waals surface area contributed by atoms with Gasteiger partial charge < -0.3 is 10.1 Å². The fourth-order valence-electron chi connectivity index (χ4n) is 3.89. The fraction of sp³-hybridized carbons (Fsp3) is 0.227. The van der Waals surface area contributed by atoms with Crippen LogP contribution in [0.2, 0.25) is 0 Å². The predicted octanol–water partition coefficient (Wildman–Crippen LogP) is 4.91. The molecule has 1 aliphatic heterocycles. The van der Waals surface area contributed by atoms with Gasteiger partial charge in [0.2, 0.25) is 17.4 Å². The molecule has 0 saturated carbocycles. The van der Waals surface area contributed by atoms with E-state index in [1.54, 1.807) is 4.68 Å². The van der Waals surface area contributed by atoms with Gasteiger partial charge in [-0.2, -0.15) is 13.9 Å². The highest BCUT2D eigenvalue weighted by Crippen LogP contribution is 2.35. The molecule has 3 heterocycles. The summed E-state index contributed by atoms with van der Waals surface area (Å²) in [4.78, 5) is 8.32. The second-order valence-corrected chi connectivity index (χ2v) is 7.59. The topological polar surface area (TPSA) is 64.9 Å². The van der Waals surface area contributed by atoms with Crippen LogP contribution in [-0.2, 0) is 0 Å². The van der Waals surface area contributed by atoms with E-state index in [9.17, 15) is 17.6 Å². The number of ether oxygens (including phenoxy) is 1. The quantitative estimate of drug-likeness (QED) is 0.346. The molecule has 0 radical (unpaired) electrons. The molecule has 2 aromatic carbocycles. The summed E-state index contributed by atoms with van der Waals surface area (Å²) in [6, 6.07) is 3.47. The third kappa shape index (κ3) is 3.78. The number of aromatic nitrogens is 4. The number of hydrogen-bond donors (Lipinski definition) is 1. The molecule has 0 bridgehead atoms. The van der Waals surface area contributed by atoms with Crippen LogP contribution >= 0.6 is 0 Å². The molecule has 33 heavy (non-hydrogen) atoms. The summed E-state index contributed by atoms with van der Waals surface area (Å²) >= 11 is 0. The molecule has 11 heteroatoms. The van der Waals surface area contributed by atoms with Gasteiger partial charge in [0.1, 0.15) is 23.6 Å². The van der Waals surface area contributed by atoms with Gasteiger partial charge >= 0.3 is 0 Å². The first kappa shape index (κ1) is 21.3. The van der Waals surface area contributed by atoms with Crippen LogP contribution in [0.1, 0.15) is 18.9 Å². The molecule has 4 aromatic rings. The Hall–Kier alpha value is -3.60. The molecule has 2 aromatic heterocycles.